The third-order valence-corrected chi connectivity index (χ3v) is 2.43. The highest BCUT2D eigenvalue weighted by Crippen LogP contribution is 2.27. The molecule has 0 unspecified atom stereocenters. The fourth-order valence-corrected chi connectivity index (χ4v) is 1.61. The smallest absolute Gasteiger partial charge is 0.311 e. The largest absolute Gasteiger partial charge is 0.395 e. The highest BCUT2D eigenvalue weighted by Gasteiger charge is 2.22. The molecule has 0 amide bonds. The van der Waals surface area contributed by atoms with Crippen LogP contribution in [0.2, 0.25) is 0 Å². The second-order valence-electron chi connectivity index (χ2n) is 4.06. The molecule has 6 nitrogen and oxygen atoms in total. The number of nitrogens with zero attached hydrogens (tertiary/aromatic N) is 3. The zero-order chi connectivity index (χ0) is 13.0. The van der Waals surface area contributed by atoms with Crippen LogP contribution in [0.1, 0.15) is 19.5 Å². The van der Waals surface area contributed by atoms with Crippen molar-refractivity contribution in [1.82, 2.24) is 4.98 Å². The first-order valence-corrected chi connectivity index (χ1v) is 5.47. The van der Waals surface area contributed by atoms with Crippen molar-refractivity contribution in [1.29, 1.82) is 0 Å². The van der Waals surface area contributed by atoms with Crippen molar-refractivity contribution in [3.05, 3.63) is 27.9 Å². The van der Waals surface area contributed by atoms with Crippen LogP contribution in [0.4, 0.5) is 11.5 Å². The van der Waals surface area contributed by atoms with Crippen molar-refractivity contribution in [2.45, 2.75) is 26.8 Å². The van der Waals surface area contributed by atoms with Gasteiger partial charge in [0.05, 0.1) is 11.5 Å². The first-order chi connectivity index (χ1) is 7.97. The van der Waals surface area contributed by atoms with E-state index in [1.807, 2.05) is 13.8 Å². The predicted molar refractivity (Wildman–Crippen MR) is 65.2 cm³/mol. The Morgan fingerprint density at radius 1 is 1.53 bits per heavy atom. The molecule has 1 aromatic rings. The van der Waals surface area contributed by atoms with Gasteiger partial charge in [-0.3, -0.25) is 10.1 Å². The van der Waals surface area contributed by atoms with Crippen LogP contribution >= 0.6 is 0 Å². The first kappa shape index (κ1) is 13.4. The third-order valence-electron chi connectivity index (χ3n) is 2.43. The van der Waals surface area contributed by atoms with Crippen LogP contribution in [0.5, 0.6) is 0 Å². The lowest BCUT2D eigenvalue weighted by molar-refractivity contribution is -0.384. The van der Waals surface area contributed by atoms with Gasteiger partial charge in [0.25, 0.3) is 0 Å². The van der Waals surface area contributed by atoms with Gasteiger partial charge in [-0.25, -0.2) is 4.98 Å². The lowest BCUT2D eigenvalue weighted by Gasteiger charge is -2.26. The van der Waals surface area contributed by atoms with Crippen LogP contribution in [-0.2, 0) is 0 Å². The summed E-state index contributed by atoms with van der Waals surface area (Å²) in [7, 11) is 0. The lowest BCUT2D eigenvalue weighted by atomic mass is 10.2. The minimum absolute atomic E-state index is 0.0299. The van der Waals surface area contributed by atoms with E-state index in [2.05, 4.69) is 4.98 Å². The number of aryl methyl sites for hydroxylation is 1. The van der Waals surface area contributed by atoms with Gasteiger partial charge < -0.3 is 10.0 Å². The maximum atomic E-state index is 10.9. The van der Waals surface area contributed by atoms with Gasteiger partial charge in [0.1, 0.15) is 0 Å². The molecule has 0 atom stereocenters. The molecule has 1 heterocycles. The Morgan fingerprint density at radius 3 is 2.65 bits per heavy atom. The second kappa shape index (κ2) is 5.58. The number of anilines is 1. The summed E-state index contributed by atoms with van der Waals surface area (Å²) in [6, 6.07) is 3.10. The van der Waals surface area contributed by atoms with Crippen LogP contribution < -0.4 is 4.90 Å². The molecule has 0 bridgehead atoms. The Kier molecular flexibility index (Phi) is 4.39. The van der Waals surface area contributed by atoms with Crippen molar-refractivity contribution in [2.75, 3.05) is 18.1 Å². The van der Waals surface area contributed by atoms with Gasteiger partial charge in [0.15, 0.2) is 0 Å². The van der Waals surface area contributed by atoms with Gasteiger partial charge in [-0.2, -0.15) is 0 Å². The zero-order valence-corrected chi connectivity index (χ0v) is 10.3. The van der Waals surface area contributed by atoms with Gasteiger partial charge in [-0.15, -0.1) is 0 Å². The molecular formula is C11H17N3O3. The maximum Gasteiger partial charge on any atom is 0.311 e. The highest BCUT2D eigenvalue weighted by atomic mass is 16.6. The first-order valence-electron chi connectivity index (χ1n) is 5.47. The molecule has 0 aliphatic carbocycles. The van der Waals surface area contributed by atoms with Gasteiger partial charge in [0, 0.05) is 24.3 Å². The number of hydrogen-bond donors (Lipinski definition) is 1. The summed E-state index contributed by atoms with van der Waals surface area (Å²) in [5.41, 5.74) is 0.687. The van der Waals surface area contributed by atoms with E-state index in [0.29, 0.717) is 18.1 Å². The standard InChI is InChI=1S/C11H17N3O3/c1-8(2)13(6-7-15)11-10(14(16)17)5-4-9(3)12-11/h4-5,8,15H,6-7H2,1-3H3. The minimum atomic E-state index is -0.450. The fourth-order valence-electron chi connectivity index (χ4n) is 1.61. The van der Waals surface area contributed by atoms with Gasteiger partial charge in [-0.05, 0) is 26.8 Å². The summed E-state index contributed by atoms with van der Waals surface area (Å²) < 4.78 is 0. The molecule has 0 radical (unpaired) electrons. The van der Waals surface area contributed by atoms with E-state index in [4.69, 9.17) is 5.11 Å². The molecule has 0 fully saturated rings. The zero-order valence-electron chi connectivity index (χ0n) is 10.3. The van der Waals surface area contributed by atoms with Crippen molar-refractivity contribution in [3.63, 3.8) is 0 Å². The number of pyridine rings is 1. The maximum absolute atomic E-state index is 10.9. The monoisotopic (exact) mass is 239 g/mol. The number of nitro groups is 1. The third kappa shape index (κ3) is 3.13. The minimum Gasteiger partial charge on any atom is -0.395 e. The van der Waals surface area contributed by atoms with E-state index < -0.39 is 4.92 Å². The molecule has 1 rings (SSSR count). The van der Waals surface area contributed by atoms with E-state index in [1.165, 1.54) is 6.07 Å². The van der Waals surface area contributed by atoms with Crippen molar-refractivity contribution < 1.29 is 10.0 Å². The van der Waals surface area contributed by atoms with Crippen molar-refractivity contribution >= 4 is 11.5 Å². The Balaban J connectivity index is 3.24. The normalized spacial score (nSPS) is 10.6. The number of aromatic nitrogens is 1. The molecule has 94 valence electrons. The summed E-state index contributed by atoms with van der Waals surface area (Å²) in [4.78, 5) is 16.4. The Hall–Kier alpha value is -1.69. The topological polar surface area (TPSA) is 79.5 Å². The van der Waals surface area contributed by atoms with Crippen LogP contribution in [0, 0.1) is 17.0 Å². The molecular weight excluding hydrogens is 222 g/mol. The van der Waals surface area contributed by atoms with Crippen LogP contribution in [0.3, 0.4) is 0 Å². The summed E-state index contributed by atoms with van der Waals surface area (Å²) in [5, 5.41) is 19.9. The van der Waals surface area contributed by atoms with Crippen LogP contribution in [-0.4, -0.2) is 34.2 Å². The van der Waals surface area contributed by atoms with Crippen LogP contribution in [0.15, 0.2) is 12.1 Å². The predicted octanol–water partition coefficient (Wildman–Crippen LogP) is 1.51. The molecule has 1 aromatic heterocycles. The quantitative estimate of drug-likeness (QED) is 0.622. The fraction of sp³-hybridized carbons (Fsp3) is 0.545. The molecule has 0 saturated carbocycles. The highest BCUT2D eigenvalue weighted by molar-refractivity contribution is 5.58. The molecule has 0 spiro atoms. The Bertz CT molecular complexity index is 407. The van der Waals surface area contributed by atoms with E-state index >= 15 is 0 Å². The summed E-state index contributed by atoms with van der Waals surface area (Å²) in [5.74, 6) is 0.319. The lowest BCUT2D eigenvalue weighted by Crippen LogP contribution is -2.34. The molecule has 0 saturated heterocycles. The number of hydrogen-bond acceptors (Lipinski definition) is 5. The number of aliphatic hydroxyl groups excluding tert-OH is 1. The van der Waals surface area contributed by atoms with Gasteiger partial charge in [0.2, 0.25) is 5.82 Å². The van der Waals surface area contributed by atoms with Crippen LogP contribution in [0.25, 0.3) is 0 Å². The Labute approximate surface area is 100 Å². The average molecular weight is 239 g/mol. The average Bonchev–Trinajstić information content (AvgIpc) is 2.24. The molecule has 17 heavy (non-hydrogen) atoms. The number of rotatable bonds is 5. The molecule has 0 aromatic carbocycles. The molecule has 0 aliphatic rings. The SMILES string of the molecule is Cc1ccc([N+](=O)[O-])c(N(CCO)C(C)C)n1. The van der Waals surface area contributed by atoms with Crippen molar-refractivity contribution in [3.8, 4) is 0 Å². The number of aliphatic hydroxyl groups is 1. The van der Waals surface area contributed by atoms with Crippen molar-refractivity contribution in [2.24, 2.45) is 0 Å². The summed E-state index contributed by atoms with van der Waals surface area (Å²) >= 11 is 0. The van der Waals surface area contributed by atoms with Gasteiger partial charge >= 0.3 is 5.69 Å². The molecule has 0 aliphatic heterocycles. The molecule has 6 heteroatoms. The van der Waals surface area contributed by atoms with E-state index in [0.717, 1.165) is 0 Å². The summed E-state index contributed by atoms with van der Waals surface area (Å²) in [6.07, 6.45) is 0. The molecule has 1 N–H and O–H groups in total. The van der Waals surface area contributed by atoms with E-state index in [9.17, 15) is 10.1 Å². The van der Waals surface area contributed by atoms with E-state index in [1.54, 1.807) is 17.9 Å². The summed E-state index contributed by atoms with van der Waals surface area (Å²) in [6.45, 7) is 5.86. The second-order valence-corrected chi connectivity index (χ2v) is 4.06. The van der Waals surface area contributed by atoms with Gasteiger partial charge in [-0.1, -0.05) is 0 Å². The Morgan fingerprint density at radius 2 is 2.18 bits per heavy atom. The van der Waals surface area contributed by atoms with E-state index in [-0.39, 0.29) is 18.3 Å².